The van der Waals surface area contributed by atoms with E-state index in [9.17, 15) is 18.0 Å². The third kappa shape index (κ3) is 4.91. The van der Waals surface area contributed by atoms with Gasteiger partial charge in [0.1, 0.15) is 0 Å². The van der Waals surface area contributed by atoms with Crippen molar-refractivity contribution in [2.45, 2.75) is 31.5 Å². The Balaban J connectivity index is 1.47. The number of amides is 1. The van der Waals surface area contributed by atoms with Gasteiger partial charge in [0.05, 0.1) is 5.56 Å². The number of thioether (sulfide) groups is 1. The quantitative estimate of drug-likeness (QED) is 0.876. The lowest BCUT2D eigenvalue weighted by molar-refractivity contribution is -0.137. The molecule has 3 rings (SSSR count). The Morgan fingerprint density at radius 3 is 2.64 bits per heavy atom. The molecule has 0 aromatic heterocycles. The second kappa shape index (κ2) is 7.99. The molecule has 2 saturated heterocycles. The molecule has 2 aliphatic heterocycles. The van der Waals surface area contributed by atoms with E-state index in [1.807, 2.05) is 11.8 Å². The summed E-state index contributed by atoms with van der Waals surface area (Å²) in [5.74, 6) is 2.44. The van der Waals surface area contributed by atoms with Gasteiger partial charge in [0, 0.05) is 23.9 Å². The maximum absolute atomic E-state index is 12.7. The zero-order valence-electron chi connectivity index (χ0n) is 14.0. The second-order valence-corrected chi connectivity index (χ2v) is 7.94. The van der Waals surface area contributed by atoms with E-state index in [4.69, 9.17) is 0 Å². The van der Waals surface area contributed by atoms with Crippen molar-refractivity contribution < 1.29 is 18.0 Å². The van der Waals surface area contributed by atoms with Gasteiger partial charge >= 0.3 is 6.18 Å². The Morgan fingerprint density at radius 2 is 2.00 bits per heavy atom. The number of nitrogens with zero attached hydrogens (tertiary/aromatic N) is 1. The Labute approximate surface area is 150 Å². The Morgan fingerprint density at radius 1 is 1.24 bits per heavy atom. The van der Waals surface area contributed by atoms with E-state index >= 15 is 0 Å². The van der Waals surface area contributed by atoms with Crippen molar-refractivity contribution in [3.05, 3.63) is 35.4 Å². The summed E-state index contributed by atoms with van der Waals surface area (Å²) in [6.45, 7) is 2.63. The first-order valence-electron chi connectivity index (χ1n) is 8.71. The van der Waals surface area contributed by atoms with Gasteiger partial charge in [-0.2, -0.15) is 24.9 Å². The Bertz CT molecular complexity index is 594. The minimum atomic E-state index is -4.43. The molecule has 2 heterocycles. The highest BCUT2D eigenvalue weighted by molar-refractivity contribution is 7.99. The van der Waals surface area contributed by atoms with Gasteiger partial charge in [0.25, 0.3) is 5.91 Å². The van der Waals surface area contributed by atoms with Crippen LogP contribution in [0.3, 0.4) is 0 Å². The van der Waals surface area contributed by atoms with E-state index in [2.05, 4.69) is 10.2 Å². The van der Waals surface area contributed by atoms with Crippen LogP contribution in [0, 0.1) is 5.92 Å². The average Bonchev–Trinajstić information content (AvgIpc) is 3.14. The van der Waals surface area contributed by atoms with E-state index in [1.165, 1.54) is 30.1 Å². The molecule has 7 heteroatoms. The SMILES string of the molecule is O=C(NCC1CCN([C@@H]2CCSC2)CC1)c1cccc(C(F)(F)F)c1. The first-order chi connectivity index (χ1) is 11.9. The summed E-state index contributed by atoms with van der Waals surface area (Å²) < 4.78 is 38.2. The van der Waals surface area contributed by atoms with Crippen molar-refractivity contribution in [3.8, 4) is 0 Å². The normalized spacial score (nSPS) is 22.9. The van der Waals surface area contributed by atoms with Crippen LogP contribution in [0.15, 0.2) is 24.3 Å². The van der Waals surface area contributed by atoms with Crippen molar-refractivity contribution in [1.29, 1.82) is 0 Å². The molecule has 1 aromatic rings. The molecule has 0 saturated carbocycles. The lowest BCUT2D eigenvalue weighted by atomic mass is 9.95. The molecule has 3 nitrogen and oxygen atoms in total. The van der Waals surface area contributed by atoms with Gasteiger partial charge in [-0.25, -0.2) is 0 Å². The van der Waals surface area contributed by atoms with Gasteiger partial charge < -0.3 is 5.32 Å². The maximum Gasteiger partial charge on any atom is 0.416 e. The average molecular weight is 372 g/mol. The fourth-order valence-corrected chi connectivity index (χ4v) is 4.76. The van der Waals surface area contributed by atoms with E-state index in [0.717, 1.165) is 38.1 Å². The fourth-order valence-electron chi connectivity index (χ4n) is 3.51. The highest BCUT2D eigenvalue weighted by Crippen LogP contribution is 2.30. The van der Waals surface area contributed by atoms with Gasteiger partial charge in [-0.15, -0.1) is 0 Å². The summed E-state index contributed by atoms with van der Waals surface area (Å²) in [6.07, 6.45) is -1.10. The van der Waals surface area contributed by atoms with Crippen molar-refractivity contribution in [2.24, 2.45) is 5.92 Å². The number of carbonyl (C=O) groups is 1. The molecular formula is C18H23F3N2OS. The highest BCUT2D eigenvalue weighted by Gasteiger charge is 2.31. The van der Waals surface area contributed by atoms with E-state index in [1.54, 1.807) is 0 Å². The number of rotatable bonds is 4. The van der Waals surface area contributed by atoms with Gasteiger partial charge in [-0.1, -0.05) is 6.07 Å². The van der Waals surface area contributed by atoms with Crippen LogP contribution in [0.4, 0.5) is 13.2 Å². The maximum atomic E-state index is 12.7. The largest absolute Gasteiger partial charge is 0.416 e. The monoisotopic (exact) mass is 372 g/mol. The lowest BCUT2D eigenvalue weighted by Crippen LogP contribution is -2.43. The van der Waals surface area contributed by atoms with Gasteiger partial charge in [-0.05, 0) is 62.2 Å². The van der Waals surface area contributed by atoms with E-state index in [0.29, 0.717) is 18.5 Å². The zero-order valence-corrected chi connectivity index (χ0v) is 14.8. The van der Waals surface area contributed by atoms with Crippen LogP contribution < -0.4 is 5.32 Å². The number of alkyl halides is 3. The minimum absolute atomic E-state index is 0.0650. The van der Waals surface area contributed by atoms with Crippen LogP contribution in [0.25, 0.3) is 0 Å². The number of likely N-dealkylation sites (tertiary alicyclic amines) is 1. The predicted molar refractivity (Wildman–Crippen MR) is 93.8 cm³/mol. The molecule has 138 valence electrons. The molecule has 0 unspecified atom stereocenters. The lowest BCUT2D eigenvalue weighted by Gasteiger charge is -2.35. The van der Waals surface area contributed by atoms with Crippen molar-refractivity contribution in [2.75, 3.05) is 31.1 Å². The number of piperidine rings is 1. The molecule has 2 fully saturated rings. The van der Waals surface area contributed by atoms with Gasteiger partial charge in [0.15, 0.2) is 0 Å². The molecule has 25 heavy (non-hydrogen) atoms. The molecule has 1 amide bonds. The predicted octanol–water partition coefficient (Wildman–Crippen LogP) is 3.65. The summed E-state index contributed by atoms with van der Waals surface area (Å²) in [7, 11) is 0. The van der Waals surface area contributed by atoms with Crippen molar-refractivity contribution >= 4 is 17.7 Å². The first kappa shape index (κ1) is 18.6. The first-order valence-corrected chi connectivity index (χ1v) is 9.86. The van der Waals surface area contributed by atoms with Gasteiger partial charge in [0.2, 0.25) is 0 Å². The smallest absolute Gasteiger partial charge is 0.352 e. The minimum Gasteiger partial charge on any atom is -0.352 e. The van der Waals surface area contributed by atoms with Crippen LogP contribution in [0.1, 0.15) is 35.2 Å². The molecule has 0 aliphatic carbocycles. The van der Waals surface area contributed by atoms with Crippen LogP contribution in [0.2, 0.25) is 0 Å². The van der Waals surface area contributed by atoms with Crippen molar-refractivity contribution in [1.82, 2.24) is 10.2 Å². The number of hydrogen-bond acceptors (Lipinski definition) is 3. The number of benzene rings is 1. The summed E-state index contributed by atoms with van der Waals surface area (Å²) in [4.78, 5) is 14.7. The molecule has 0 radical (unpaired) electrons. The van der Waals surface area contributed by atoms with E-state index < -0.39 is 17.6 Å². The summed E-state index contributed by atoms with van der Waals surface area (Å²) in [6, 6.07) is 5.29. The molecule has 0 spiro atoms. The molecule has 1 aromatic carbocycles. The number of carbonyl (C=O) groups excluding carboxylic acids is 1. The molecule has 0 bridgehead atoms. The number of hydrogen-bond donors (Lipinski definition) is 1. The fraction of sp³-hybridized carbons (Fsp3) is 0.611. The Hall–Kier alpha value is -1.21. The number of halogens is 3. The molecule has 2 aliphatic rings. The highest BCUT2D eigenvalue weighted by atomic mass is 32.2. The van der Waals surface area contributed by atoms with Crippen molar-refractivity contribution in [3.63, 3.8) is 0 Å². The van der Waals surface area contributed by atoms with E-state index in [-0.39, 0.29) is 5.56 Å². The van der Waals surface area contributed by atoms with Crippen LogP contribution in [-0.2, 0) is 6.18 Å². The zero-order chi connectivity index (χ0) is 17.9. The Kier molecular flexibility index (Phi) is 5.94. The summed E-state index contributed by atoms with van der Waals surface area (Å²) in [5, 5.41) is 2.80. The standard InChI is InChI=1S/C18H23F3N2OS/c19-18(20,21)15-3-1-2-14(10-15)17(24)22-11-13-4-7-23(8-5-13)16-6-9-25-12-16/h1-3,10,13,16H,4-9,11-12H2,(H,22,24)/t16-/m1/s1. The summed E-state index contributed by atoms with van der Waals surface area (Å²) >= 11 is 2.01. The third-order valence-corrected chi connectivity index (χ3v) is 6.22. The third-order valence-electron chi connectivity index (χ3n) is 5.07. The topological polar surface area (TPSA) is 32.3 Å². The van der Waals surface area contributed by atoms with Crippen LogP contribution >= 0.6 is 11.8 Å². The molecule has 1 atom stereocenters. The van der Waals surface area contributed by atoms with Crippen LogP contribution in [-0.4, -0.2) is 48.0 Å². The number of nitrogens with one attached hydrogen (secondary N) is 1. The summed E-state index contributed by atoms with van der Waals surface area (Å²) in [5.41, 5.74) is -0.724. The van der Waals surface area contributed by atoms with Crippen LogP contribution in [0.5, 0.6) is 0 Å². The van der Waals surface area contributed by atoms with Gasteiger partial charge in [-0.3, -0.25) is 9.69 Å². The molecular weight excluding hydrogens is 349 g/mol. The molecule has 1 N–H and O–H groups in total. The second-order valence-electron chi connectivity index (χ2n) is 6.79.